The Hall–Kier alpha value is -0.600. The summed E-state index contributed by atoms with van der Waals surface area (Å²) in [5.74, 6) is -0.129. The first-order chi connectivity index (χ1) is 6.99. The third-order valence-electron chi connectivity index (χ3n) is 2.88. The molecule has 84 valence electrons. The number of benzene rings is 1. The van der Waals surface area contributed by atoms with Gasteiger partial charge in [0.2, 0.25) is 0 Å². The second-order valence-electron chi connectivity index (χ2n) is 4.01. The lowest BCUT2D eigenvalue weighted by Gasteiger charge is -2.18. The zero-order valence-corrected chi connectivity index (χ0v) is 10.2. The predicted octanol–water partition coefficient (Wildman–Crippen LogP) is 3.55. The van der Waals surface area contributed by atoms with E-state index in [2.05, 4.69) is 0 Å². The van der Waals surface area contributed by atoms with Crippen molar-refractivity contribution in [3.8, 4) is 0 Å². The highest BCUT2D eigenvalue weighted by atomic mass is 35.5. The molecule has 1 aromatic carbocycles. The van der Waals surface area contributed by atoms with Crippen LogP contribution in [-0.2, 0) is 0 Å². The quantitative estimate of drug-likeness (QED) is 0.843. The van der Waals surface area contributed by atoms with Gasteiger partial charge in [0.1, 0.15) is 5.82 Å². The van der Waals surface area contributed by atoms with E-state index in [1.807, 2.05) is 20.8 Å². The van der Waals surface area contributed by atoms with Gasteiger partial charge in [-0.05, 0) is 55.5 Å². The summed E-state index contributed by atoms with van der Waals surface area (Å²) >= 11 is 5.99. The van der Waals surface area contributed by atoms with Crippen molar-refractivity contribution < 1.29 is 4.39 Å². The van der Waals surface area contributed by atoms with Crippen molar-refractivity contribution in [3.63, 3.8) is 0 Å². The van der Waals surface area contributed by atoms with E-state index < -0.39 is 0 Å². The van der Waals surface area contributed by atoms with E-state index in [4.69, 9.17) is 17.3 Å². The SMILES string of the molecule is Cc1cc(F)c(Cl)c(C(C)CCN)c1C. The minimum absolute atomic E-state index is 0.205. The number of rotatable bonds is 3. The molecule has 1 rings (SSSR count). The van der Waals surface area contributed by atoms with Crippen LogP contribution in [0.2, 0.25) is 5.02 Å². The maximum atomic E-state index is 13.5. The van der Waals surface area contributed by atoms with Crippen LogP contribution >= 0.6 is 11.6 Å². The van der Waals surface area contributed by atoms with Crippen molar-refractivity contribution in [2.75, 3.05) is 6.54 Å². The largest absolute Gasteiger partial charge is 0.330 e. The third kappa shape index (κ3) is 2.50. The van der Waals surface area contributed by atoms with Gasteiger partial charge in [0.05, 0.1) is 5.02 Å². The van der Waals surface area contributed by atoms with Crippen LogP contribution in [0.15, 0.2) is 6.07 Å². The molecule has 3 heteroatoms. The van der Waals surface area contributed by atoms with Crippen LogP contribution in [0.3, 0.4) is 0 Å². The molecule has 1 unspecified atom stereocenters. The Morgan fingerprint density at radius 2 is 2.07 bits per heavy atom. The Morgan fingerprint density at radius 1 is 1.47 bits per heavy atom. The number of aryl methyl sites for hydroxylation is 1. The maximum Gasteiger partial charge on any atom is 0.142 e. The van der Waals surface area contributed by atoms with Crippen molar-refractivity contribution in [3.05, 3.63) is 33.6 Å². The molecule has 1 atom stereocenters. The lowest BCUT2D eigenvalue weighted by molar-refractivity contribution is 0.614. The Morgan fingerprint density at radius 3 is 2.60 bits per heavy atom. The summed E-state index contributed by atoms with van der Waals surface area (Å²) in [7, 11) is 0. The highest BCUT2D eigenvalue weighted by molar-refractivity contribution is 6.31. The molecule has 0 aliphatic heterocycles. The smallest absolute Gasteiger partial charge is 0.142 e. The molecule has 0 heterocycles. The van der Waals surface area contributed by atoms with E-state index >= 15 is 0 Å². The predicted molar refractivity (Wildman–Crippen MR) is 63.0 cm³/mol. The molecule has 0 bridgehead atoms. The summed E-state index contributed by atoms with van der Waals surface area (Å²) in [6.45, 7) is 6.49. The van der Waals surface area contributed by atoms with Crippen LogP contribution in [0.25, 0.3) is 0 Å². The Labute approximate surface area is 95.4 Å². The minimum atomic E-state index is -0.335. The number of hydrogen-bond acceptors (Lipinski definition) is 1. The van der Waals surface area contributed by atoms with Crippen molar-refractivity contribution >= 4 is 11.6 Å². The van der Waals surface area contributed by atoms with E-state index in [1.54, 1.807) is 0 Å². The molecule has 0 aliphatic carbocycles. The zero-order chi connectivity index (χ0) is 11.6. The van der Waals surface area contributed by atoms with Gasteiger partial charge in [0, 0.05) is 0 Å². The normalized spacial score (nSPS) is 12.9. The molecule has 1 nitrogen and oxygen atoms in total. The summed E-state index contributed by atoms with van der Waals surface area (Å²) in [5, 5.41) is 0.249. The van der Waals surface area contributed by atoms with Crippen LogP contribution in [-0.4, -0.2) is 6.54 Å². The summed E-state index contributed by atoms with van der Waals surface area (Å²) in [4.78, 5) is 0. The molecule has 0 aromatic heterocycles. The van der Waals surface area contributed by atoms with Crippen LogP contribution in [0.4, 0.5) is 4.39 Å². The zero-order valence-electron chi connectivity index (χ0n) is 9.40. The Bertz CT molecular complexity index is 337. The van der Waals surface area contributed by atoms with Gasteiger partial charge in [0.15, 0.2) is 0 Å². The van der Waals surface area contributed by atoms with Gasteiger partial charge in [-0.1, -0.05) is 18.5 Å². The molecule has 0 spiro atoms. The lowest BCUT2D eigenvalue weighted by Crippen LogP contribution is -2.08. The molecule has 2 N–H and O–H groups in total. The van der Waals surface area contributed by atoms with Crippen molar-refractivity contribution in [1.82, 2.24) is 0 Å². The second-order valence-corrected chi connectivity index (χ2v) is 4.38. The van der Waals surface area contributed by atoms with Crippen LogP contribution in [0.5, 0.6) is 0 Å². The average molecular weight is 230 g/mol. The highest BCUT2D eigenvalue weighted by Crippen LogP contribution is 2.33. The monoisotopic (exact) mass is 229 g/mol. The van der Waals surface area contributed by atoms with Gasteiger partial charge in [-0.3, -0.25) is 0 Å². The molecule has 0 saturated carbocycles. The fraction of sp³-hybridized carbons (Fsp3) is 0.500. The summed E-state index contributed by atoms with van der Waals surface area (Å²) in [5.41, 5.74) is 8.42. The van der Waals surface area contributed by atoms with Gasteiger partial charge in [-0.2, -0.15) is 0 Å². The van der Waals surface area contributed by atoms with E-state index in [0.717, 1.165) is 23.1 Å². The Kier molecular flexibility index (Phi) is 4.12. The fourth-order valence-electron chi connectivity index (χ4n) is 1.85. The van der Waals surface area contributed by atoms with E-state index in [1.165, 1.54) is 6.07 Å². The lowest BCUT2D eigenvalue weighted by atomic mass is 9.91. The topological polar surface area (TPSA) is 26.0 Å². The fourth-order valence-corrected chi connectivity index (χ4v) is 2.23. The van der Waals surface area contributed by atoms with Crippen LogP contribution in [0.1, 0.15) is 36.0 Å². The molecule has 0 fully saturated rings. The van der Waals surface area contributed by atoms with Crippen molar-refractivity contribution in [1.29, 1.82) is 0 Å². The molecule has 15 heavy (non-hydrogen) atoms. The highest BCUT2D eigenvalue weighted by Gasteiger charge is 2.17. The molecular weight excluding hydrogens is 213 g/mol. The van der Waals surface area contributed by atoms with E-state index in [-0.39, 0.29) is 16.8 Å². The molecular formula is C12H17ClFN. The van der Waals surface area contributed by atoms with E-state index in [0.29, 0.717) is 6.54 Å². The van der Waals surface area contributed by atoms with Crippen LogP contribution in [0, 0.1) is 19.7 Å². The maximum absolute atomic E-state index is 13.5. The first-order valence-electron chi connectivity index (χ1n) is 5.14. The first kappa shape index (κ1) is 12.5. The summed E-state index contributed by atoms with van der Waals surface area (Å²) < 4.78 is 13.5. The molecule has 0 aliphatic rings. The second kappa shape index (κ2) is 4.95. The first-order valence-corrected chi connectivity index (χ1v) is 5.52. The van der Waals surface area contributed by atoms with Crippen LogP contribution < -0.4 is 5.73 Å². The van der Waals surface area contributed by atoms with Gasteiger partial charge < -0.3 is 5.73 Å². The summed E-state index contributed by atoms with van der Waals surface area (Å²) in [6.07, 6.45) is 0.823. The van der Waals surface area contributed by atoms with Gasteiger partial charge in [0.25, 0.3) is 0 Å². The molecule has 0 amide bonds. The van der Waals surface area contributed by atoms with Gasteiger partial charge in [-0.25, -0.2) is 4.39 Å². The number of halogens is 2. The standard InChI is InChI=1S/C12H17ClFN/c1-7(4-5-15)11-9(3)8(2)6-10(14)12(11)13/h6-7H,4-5,15H2,1-3H3. The minimum Gasteiger partial charge on any atom is -0.330 e. The third-order valence-corrected chi connectivity index (χ3v) is 3.26. The summed E-state index contributed by atoms with van der Waals surface area (Å²) in [6, 6.07) is 1.48. The average Bonchev–Trinajstić information content (AvgIpc) is 2.16. The molecule has 1 aromatic rings. The number of nitrogens with two attached hydrogens (primary N) is 1. The number of hydrogen-bond donors (Lipinski definition) is 1. The van der Waals surface area contributed by atoms with Gasteiger partial charge in [-0.15, -0.1) is 0 Å². The van der Waals surface area contributed by atoms with E-state index in [9.17, 15) is 4.39 Å². The Balaban J connectivity index is 3.26. The molecule has 0 saturated heterocycles. The van der Waals surface area contributed by atoms with Crippen molar-refractivity contribution in [2.24, 2.45) is 5.73 Å². The van der Waals surface area contributed by atoms with Gasteiger partial charge >= 0.3 is 0 Å². The van der Waals surface area contributed by atoms with Crippen molar-refractivity contribution in [2.45, 2.75) is 33.1 Å². The molecule has 0 radical (unpaired) electrons.